The smallest absolute Gasteiger partial charge is 0.325 e. The summed E-state index contributed by atoms with van der Waals surface area (Å²) in [4.78, 5) is 22.5. The highest BCUT2D eigenvalue weighted by Gasteiger charge is 2.18. The van der Waals surface area contributed by atoms with Gasteiger partial charge in [0, 0.05) is 0 Å². The van der Waals surface area contributed by atoms with Crippen LogP contribution in [0.25, 0.3) is 0 Å². The zero-order chi connectivity index (χ0) is 14.6. The van der Waals surface area contributed by atoms with Gasteiger partial charge in [0.15, 0.2) is 0 Å². The molecule has 0 aliphatic carbocycles. The summed E-state index contributed by atoms with van der Waals surface area (Å²) in [6, 6.07) is 4.86. The van der Waals surface area contributed by atoms with Crippen molar-refractivity contribution in [2.24, 2.45) is 0 Å². The van der Waals surface area contributed by atoms with Gasteiger partial charge in [0.25, 0.3) is 5.91 Å². The van der Waals surface area contributed by atoms with Crippen LogP contribution in [-0.2, 0) is 14.8 Å². The average Bonchev–Trinajstić information content (AvgIpc) is 2.27. The lowest BCUT2D eigenvalue weighted by Crippen LogP contribution is -2.38. The second kappa shape index (κ2) is 5.70. The molecule has 0 spiro atoms. The van der Waals surface area contributed by atoms with Crippen LogP contribution in [0.4, 0.5) is 5.69 Å². The third-order valence-corrected chi connectivity index (χ3v) is 2.78. The van der Waals surface area contributed by atoms with E-state index in [2.05, 4.69) is 10.0 Å². The van der Waals surface area contributed by atoms with Gasteiger partial charge in [0.1, 0.15) is 6.04 Å². The Morgan fingerprint density at radius 1 is 1.26 bits per heavy atom. The van der Waals surface area contributed by atoms with E-state index in [1.165, 1.54) is 19.1 Å². The number of anilines is 1. The largest absolute Gasteiger partial charge is 0.480 e. The van der Waals surface area contributed by atoms with Crippen molar-refractivity contribution < 1.29 is 23.1 Å². The third kappa shape index (κ3) is 4.59. The van der Waals surface area contributed by atoms with E-state index in [9.17, 15) is 18.0 Å². The van der Waals surface area contributed by atoms with Crippen LogP contribution in [-0.4, -0.2) is 37.7 Å². The molecule has 3 N–H and O–H groups in total. The molecular weight excluding hydrogens is 272 g/mol. The number of amides is 1. The summed E-state index contributed by atoms with van der Waals surface area (Å²) in [5.74, 6) is -1.84. The van der Waals surface area contributed by atoms with E-state index in [0.717, 1.165) is 6.26 Å². The van der Waals surface area contributed by atoms with E-state index in [0.29, 0.717) is 0 Å². The number of nitrogens with one attached hydrogen (secondary N) is 2. The number of carbonyl (C=O) groups excluding carboxylic acids is 1. The molecule has 0 saturated heterocycles. The van der Waals surface area contributed by atoms with Gasteiger partial charge in [0.2, 0.25) is 10.0 Å². The van der Waals surface area contributed by atoms with Gasteiger partial charge >= 0.3 is 5.97 Å². The summed E-state index contributed by atoms with van der Waals surface area (Å²) in [6.45, 7) is 1.31. The number of carboxylic acid groups (broad SMARTS) is 1. The lowest BCUT2D eigenvalue weighted by Gasteiger charge is -2.13. The summed E-state index contributed by atoms with van der Waals surface area (Å²) < 4.78 is 24.5. The van der Waals surface area contributed by atoms with E-state index in [4.69, 9.17) is 5.11 Å². The molecule has 0 unspecified atom stereocenters. The fourth-order valence-corrected chi connectivity index (χ4v) is 1.88. The first-order valence-electron chi connectivity index (χ1n) is 5.31. The van der Waals surface area contributed by atoms with Gasteiger partial charge in [-0.2, -0.15) is 0 Å². The third-order valence-electron chi connectivity index (χ3n) is 2.19. The number of carboxylic acids is 1. The maximum atomic E-state index is 11.9. The summed E-state index contributed by atoms with van der Waals surface area (Å²) in [5, 5.41) is 11.0. The number of aliphatic carboxylic acids is 1. The van der Waals surface area contributed by atoms with Crippen LogP contribution in [0.5, 0.6) is 0 Å². The van der Waals surface area contributed by atoms with Gasteiger partial charge in [0.05, 0.1) is 17.5 Å². The lowest BCUT2D eigenvalue weighted by atomic mass is 10.1. The van der Waals surface area contributed by atoms with E-state index in [1.807, 2.05) is 0 Å². The van der Waals surface area contributed by atoms with Gasteiger partial charge in [-0.25, -0.2) is 8.42 Å². The van der Waals surface area contributed by atoms with E-state index >= 15 is 0 Å². The average molecular weight is 286 g/mol. The molecule has 7 nitrogen and oxygen atoms in total. The number of hydrogen-bond acceptors (Lipinski definition) is 4. The minimum Gasteiger partial charge on any atom is -0.480 e. The van der Waals surface area contributed by atoms with Crippen molar-refractivity contribution in [2.75, 3.05) is 11.0 Å². The Morgan fingerprint density at radius 3 is 2.37 bits per heavy atom. The minimum atomic E-state index is -3.52. The normalized spacial score (nSPS) is 12.5. The fourth-order valence-electron chi connectivity index (χ4n) is 1.31. The Hall–Kier alpha value is -2.09. The van der Waals surface area contributed by atoms with Crippen molar-refractivity contribution >= 4 is 27.6 Å². The molecule has 0 aliphatic rings. The number of para-hydroxylation sites is 1. The fraction of sp³-hybridized carbons (Fsp3) is 0.273. The SMILES string of the molecule is C[C@@H](NC(=O)c1ccccc1NS(C)(=O)=O)C(=O)O. The zero-order valence-corrected chi connectivity index (χ0v) is 11.2. The Bertz CT molecular complexity index is 597. The first-order valence-corrected chi connectivity index (χ1v) is 7.20. The second-order valence-electron chi connectivity index (χ2n) is 3.95. The van der Waals surface area contributed by atoms with Gasteiger partial charge in [-0.3, -0.25) is 14.3 Å². The van der Waals surface area contributed by atoms with Crippen LogP contribution in [0.15, 0.2) is 24.3 Å². The molecule has 1 rings (SSSR count). The van der Waals surface area contributed by atoms with Crippen molar-refractivity contribution in [1.82, 2.24) is 5.32 Å². The molecule has 0 heterocycles. The summed E-state index contributed by atoms with van der Waals surface area (Å²) in [6.07, 6.45) is 0.960. The standard InChI is InChI=1S/C11H14N2O5S/c1-7(11(15)16)12-10(14)8-5-3-4-6-9(8)13-19(2,17)18/h3-7,13H,1-2H3,(H,12,14)(H,15,16)/t7-/m1/s1. The van der Waals surface area contributed by atoms with Crippen molar-refractivity contribution in [3.8, 4) is 0 Å². The number of rotatable bonds is 5. The molecule has 1 amide bonds. The topological polar surface area (TPSA) is 113 Å². The molecule has 0 aromatic heterocycles. The quantitative estimate of drug-likeness (QED) is 0.718. The lowest BCUT2D eigenvalue weighted by molar-refractivity contribution is -0.138. The highest BCUT2D eigenvalue weighted by Crippen LogP contribution is 2.16. The van der Waals surface area contributed by atoms with Gasteiger partial charge in [-0.1, -0.05) is 12.1 Å². The molecule has 1 aromatic rings. The maximum Gasteiger partial charge on any atom is 0.325 e. The van der Waals surface area contributed by atoms with Crippen LogP contribution < -0.4 is 10.0 Å². The Kier molecular flexibility index (Phi) is 4.49. The molecule has 8 heteroatoms. The Morgan fingerprint density at radius 2 is 1.84 bits per heavy atom. The number of sulfonamides is 1. The molecule has 0 radical (unpaired) electrons. The highest BCUT2D eigenvalue weighted by molar-refractivity contribution is 7.92. The van der Waals surface area contributed by atoms with Gasteiger partial charge in [-0.15, -0.1) is 0 Å². The monoisotopic (exact) mass is 286 g/mol. The van der Waals surface area contributed by atoms with Gasteiger partial charge < -0.3 is 10.4 Å². The predicted molar refractivity (Wildman–Crippen MR) is 69.5 cm³/mol. The van der Waals surface area contributed by atoms with Crippen molar-refractivity contribution in [1.29, 1.82) is 0 Å². The Balaban J connectivity index is 3.00. The van der Waals surface area contributed by atoms with Crippen molar-refractivity contribution in [2.45, 2.75) is 13.0 Å². The number of benzene rings is 1. The van der Waals surface area contributed by atoms with Crippen molar-refractivity contribution in [3.05, 3.63) is 29.8 Å². The number of hydrogen-bond donors (Lipinski definition) is 3. The summed E-state index contributed by atoms with van der Waals surface area (Å²) in [7, 11) is -3.52. The molecule has 0 bridgehead atoms. The molecule has 0 saturated carbocycles. The molecule has 1 aromatic carbocycles. The second-order valence-corrected chi connectivity index (χ2v) is 5.70. The molecule has 1 atom stereocenters. The molecule has 104 valence electrons. The first-order chi connectivity index (χ1) is 8.70. The summed E-state index contributed by atoms with van der Waals surface area (Å²) >= 11 is 0. The maximum absolute atomic E-state index is 11.9. The van der Waals surface area contributed by atoms with Crippen LogP contribution >= 0.6 is 0 Å². The molecular formula is C11H14N2O5S. The molecule has 0 aliphatic heterocycles. The molecule has 0 fully saturated rings. The first kappa shape index (κ1) is 15.0. The highest BCUT2D eigenvalue weighted by atomic mass is 32.2. The predicted octanol–water partition coefficient (Wildman–Crippen LogP) is 0.261. The summed E-state index contributed by atoms with van der Waals surface area (Å²) in [5.41, 5.74) is 0.154. The molecule has 19 heavy (non-hydrogen) atoms. The van der Waals surface area contributed by atoms with Crippen LogP contribution in [0.1, 0.15) is 17.3 Å². The minimum absolute atomic E-state index is 0.0565. The van der Waals surface area contributed by atoms with E-state index in [1.54, 1.807) is 12.1 Å². The van der Waals surface area contributed by atoms with Crippen LogP contribution in [0.3, 0.4) is 0 Å². The Labute approximate surface area is 110 Å². The van der Waals surface area contributed by atoms with E-state index in [-0.39, 0.29) is 11.3 Å². The zero-order valence-electron chi connectivity index (χ0n) is 10.4. The van der Waals surface area contributed by atoms with Crippen molar-refractivity contribution in [3.63, 3.8) is 0 Å². The van der Waals surface area contributed by atoms with Gasteiger partial charge in [-0.05, 0) is 19.1 Å². The number of carbonyl (C=O) groups is 2. The van der Waals surface area contributed by atoms with Crippen LogP contribution in [0.2, 0.25) is 0 Å². The van der Waals surface area contributed by atoms with Crippen LogP contribution in [0, 0.1) is 0 Å². The van der Waals surface area contributed by atoms with E-state index < -0.39 is 27.9 Å².